The Kier molecular flexibility index (Phi) is 10.2. The standard InChI is InChI=1S/C17H26N4O3.HI/c1-4-18-17(20-11-16-21-13(2)14(3)24-16)19-8-6-9-22-12-15-7-5-10-23-15;/h5,7,10H,4,6,8-9,11-12H2,1-3H3,(H2,18,19,20);1H. The van der Waals surface area contributed by atoms with Crippen molar-refractivity contribution < 1.29 is 13.6 Å². The molecule has 0 saturated carbocycles. The quantitative estimate of drug-likeness (QED) is 0.258. The van der Waals surface area contributed by atoms with Gasteiger partial charge >= 0.3 is 0 Å². The Bertz CT molecular complexity index is 606. The minimum atomic E-state index is 0. The van der Waals surface area contributed by atoms with Crippen LogP contribution in [0, 0.1) is 13.8 Å². The first-order chi connectivity index (χ1) is 11.7. The van der Waals surface area contributed by atoms with Crippen molar-refractivity contribution in [1.82, 2.24) is 15.6 Å². The molecule has 0 atom stereocenters. The van der Waals surface area contributed by atoms with Crippen LogP contribution in [-0.4, -0.2) is 30.6 Å². The molecule has 2 rings (SSSR count). The molecule has 0 saturated heterocycles. The summed E-state index contributed by atoms with van der Waals surface area (Å²) in [6.07, 6.45) is 2.53. The van der Waals surface area contributed by atoms with Gasteiger partial charge in [-0.05, 0) is 39.3 Å². The average Bonchev–Trinajstić information content (AvgIpc) is 3.18. The predicted molar refractivity (Wildman–Crippen MR) is 107 cm³/mol. The molecule has 0 aliphatic heterocycles. The highest BCUT2D eigenvalue weighted by Crippen LogP contribution is 2.08. The number of aromatic nitrogens is 1. The monoisotopic (exact) mass is 462 g/mol. The maximum atomic E-state index is 5.55. The SMILES string of the molecule is CCNC(=NCc1nc(C)c(C)o1)NCCCOCc1ccco1.I. The normalized spacial score (nSPS) is 11.2. The molecule has 0 aliphatic rings. The van der Waals surface area contributed by atoms with Gasteiger partial charge in [-0.1, -0.05) is 0 Å². The van der Waals surface area contributed by atoms with Gasteiger partial charge in [-0.15, -0.1) is 24.0 Å². The van der Waals surface area contributed by atoms with E-state index in [1.54, 1.807) is 6.26 Å². The molecule has 2 heterocycles. The highest BCUT2D eigenvalue weighted by atomic mass is 127. The molecule has 8 heteroatoms. The Labute approximate surface area is 165 Å². The lowest BCUT2D eigenvalue weighted by Gasteiger charge is -2.10. The van der Waals surface area contributed by atoms with Gasteiger partial charge < -0.3 is 24.2 Å². The number of ether oxygens (including phenoxy) is 1. The summed E-state index contributed by atoms with van der Waals surface area (Å²) in [5, 5.41) is 6.47. The molecule has 0 bridgehead atoms. The fraction of sp³-hybridized carbons (Fsp3) is 0.529. The molecular formula is C17H27IN4O3. The molecule has 0 radical (unpaired) electrons. The number of halogens is 1. The van der Waals surface area contributed by atoms with Crippen LogP contribution in [0.4, 0.5) is 0 Å². The number of hydrogen-bond acceptors (Lipinski definition) is 5. The smallest absolute Gasteiger partial charge is 0.216 e. The number of hydrogen-bond donors (Lipinski definition) is 2. The van der Waals surface area contributed by atoms with E-state index < -0.39 is 0 Å². The van der Waals surface area contributed by atoms with E-state index in [2.05, 4.69) is 20.6 Å². The number of nitrogens with zero attached hydrogens (tertiary/aromatic N) is 2. The summed E-state index contributed by atoms with van der Waals surface area (Å²) in [5.41, 5.74) is 0.909. The third-order valence-electron chi connectivity index (χ3n) is 3.37. The zero-order valence-corrected chi connectivity index (χ0v) is 17.3. The predicted octanol–water partition coefficient (Wildman–Crippen LogP) is 3.16. The van der Waals surface area contributed by atoms with Gasteiger partial charge in [-0.2, -0.15) is 0 Å². The van der Waals surface area contributed by atoms with Crippen molar-refractivity contribution in [2.75, 3.05) is 19.7 Å². The van der Waals surface area contributed by atoms with Crippen molar-refractivity contribution >= 4 is 29.9 Å². The van der Waals surface area contributed by atoms with E-state index in [9.17, 15) is 0 Å². The Morgan fingerprint density at radius 1 is 1.32 bits per heavy atom. The first-order valence-electron chi connectivity index (χ1n) is 8.24. The minimum absolute atomic E-state index is 0. The average molecular weight is 462 g/mol. The van der Waals surface area contributed by atoms with Crippen molar-refractivity contribution in [3.8, 4) is 0 Å². The number of furan rings is 1. The maximum absolute atomic E-state index is 5.55. The number of nitrogens with one attached hydrogen (secondary N) is 2. The highest BCUT2D eigenvalue weighted by Gasteiger charge is 2.05. The lowest BCUT2D eigenvalue weighted by molar-refractivity contribution is 0.105. The first-order valence-corrected chi connectivity index (χ1v) is 8.24. The van der Waals surface area contributed by atoms with E-state index in [0.29, 0.717) is 25.6 Å². The van der Waals surface area contributed by atoms with Gasteiger partial charge in [0.25, 0.3) is 0 Å². The van der Waals surface area contributed by atoms with Gasteiger partial charge in [-0.3, -0.25) is 0 Å². The molecule has 2 aromatic heterocycles. The number of oxazole rings is 1. The minimum Gasteiger partial charge on any atom is -0.467 e. The number of rotatable bonds is 9. The third kappa shape index (κ3) is 7.91. The Hall–Kier alpha value is -1.55. The summed E-state index contributed by atoms with van der Waals surface area (Å²) in [5.74, 6) is 3.06. The Morgan fingerprint density at radius 3 is 2.80 bits per heavy atom. The summed E-state index contributed by atoms with van der Waals surface area (Å²) in [6.45, 7) is 9.01. The number of aliphatic imine (C=N–C) groups is 1. The van der Waals surface area contributed by atoms with Gasteiger partial charge in [0, 0.05) is 19.7 Å². The van der Waals surface area contributed by atoms with Crippen LogP contribution >= 0.6 is 24.0 Å². The van der Waals surface area contributed by atoms with Gasteiger partial charge in [0.05, 0.1) is 12.0 Å². The van der Waals surface area contributed by atoms with E-state index in [-0.39, 0.29) is 24.0 Å². The second kappa shape index (κ2) is 11.9. The third-order valence-corrected chi connectivity index (χ3v) is 3.37. The van der Waals surface area contributed by atoms with Crippen LogP contribution in [0.5, 0.6) is 0 Å². The van der Waals surface area contributed by atoms with Crippen molar-refractivity contribution in [3.05, 3.63) is 41.5 Å². The highest BCUT2D eigenvalue weighted by molar-refractivity contribution is 14.0. The molecule has 0 amide bonds. The lowest BCUT2D eigenvalue weighted by Crippen LogP contribution is -2.38. The van der Waals surface area contributed by atoms with Crippen LogP contribution in [0.1, 0.15) is 36.4 Å². The summed E-state index contributed by atoms with van der Waals surface area (Å²) in [7, 11) is 0. The largest absolute Gasteiger partial charge is 0.467 e. The summed E-state index contributed by atoms with van der Waals surface area (Å²) in [6, 6.07) is 3.76. The fourth-order valence-electron chi connectivity index (χ4n) is 2.04. The van der Waals surface area contributed by atoms with E-state index in [4.69, 9.17) is 13.6 Å². The molecule has 25 heavy (non-hydrogen) atoms. The molecule has 7 nitrogen and oxygen atoms in total. The number of aryl methyl sites for hydroxylation is 2. The van der Waals surface area contributed by atoms with Gasteiger partial charge in [-0.25, -0.2) is 9.98 Å². The molecule has 0 aliphatic carbocycles. The van der Waals surface area contributed by atoms with E-state index in [0.717, 1.165) is 42.7 Å². The second-order valence-electron chi connectivity index (χ2n) is 5.36. The van der Waals surface area contributed by atoms with Gasteiger partial charge in [0.15, 0.2) is 5.96 Å². The molecule has 0 unspecified atom stereocenters. The molecule has 2 N–H and O–H groups in total. The van der Waals surface area contributed by atoms with Crippen molar-refractivity contribution in [1.29, 1.82) is 0 Å². The van der Waals surface area contributed by atoms with Crippen LogP contribution < -0.4 is 10.6 Å². The summed E-state index contributed by atoms with van der Waals surface area (Å²) in [4.78, 5) is 8.81. The zero-order valence-electron chi connectivity index (χ0n) is 15.0. The van der Waals surface area contributed by atoms with Crippen LogP contribution in [0.15, 0.2) is 32.2 Å². The van der Waals surface area contributed by atoms with E-state index in [1.807, 2.05) is 32.9 Å². The van der Waals surface area contributed by atoms with Crippen LogP contribution in [-0.2, 0) is 17.9 Å². The van der Waals surface area contributed by atoms with Crippen LogP contribution in [0.3, 0.4) is 0 Å². The molecule has 0 spiro atoms. The summed E-state index contributed by atoms with van der Waals surface area (Å²) < 4.78 is 16.3. The fourth-order valence-corrected chi connectivity index (χ4v) is 2.04. The molecule has 0 fully saturated rings. The summed E-state index contributed by atoms with van der Waals surface area (Å²) >= 11 is 0. The van der Waals surface area contributed by atoms with Crippen LogP contribution in [0.2, 0.25) is 0 Å². The molecule has 0 aromatic carbocycles. The van der Waals surface area contributed by atoms with Crippen LogP contribution in [0.25, 0.3) is 0 Å². The van der Waals surface area contributed by atoms with Crippen molar-refractivity contribution in [3.63, 3.8) is 0 Å². The van der Waals surface area contributed by atoms with Gasteiger partial charge in [0.1, 0.15) is 24.7 Å². The molecule has 2 aromatic rings. The second-order valence-corrected chi connectivity index (χ2v) is 5.36. The van der Waals surface area contributed by atoms with E-state index >= 15 is 0 Å². The topological polar surface area (TPSA) is 84.8 Å². The van der Waals surface area contributed by atoms with Gasteiger partial charge in [0.2, 0.25) is 5.89 Å². The van der Waals surface area contributed by atoms with E-state index in [1.165, 1.54) is 0 Å². The lowest BCUT2D eigenvalue weighted by atomic mass is 10.4. The number of guanidine groups is 1. The van der Waals surface area contributed by atoms with Crippen molar-refractivity contribution in [2.24, 2.45) is 4.99 Å². The molecule has 140 valence electrons. The Morgan fingerprint density at radius 2 is 2.16 bits per heavy atom. The van der Waals surface area contributed by atoms with Crippen molar-refractivity contribution in [2.45, 2.75) is 40.3 Å². The maximum Gasteiger partial charge on any atom is 0.216 e. The first kappa shape index (κ1) is 21.5. The Balaban J connectivity index is 0.00000312. The molecular weight excluding hydrogens is 435 g/mol. The zero-order chi connectivity index (χ0) is 17.2.